The van der Waals surface area contributed by atoms with Crippen molar-refractivity contribution in [3.05, 3.63) is 0 Å². The van der Waals surface area contributed by atoms with Crippen LogP contribution in [-0.4, -0.2) is 41.5 Å². The van der Waals surface area contributed by atoms with Crippen molar-refractivity contribution < 1.29 is 14.7 Å². The van der Waals surface area contributed by atoms with E-state index in [1.807, 2.05) is 6.92 Å². The first-order chi connectivity index (χ1) is 7.06. The third-order valence-electron chi connectivity index (χ3n) is 2.29. The highest BCUT2D eigenvalue weighted by Crippen LogP contribution is 2.09. The average molecular weight is 216 g/mol. The zero-order valence-electron chi connectivity index (χ0n) is 9.40. The van der Waals surface area contributed by atoms with Crippen molar-refractivity contribution in [3.63, 3.8) is 0 Å². The minimum atomic E-state index is -0.988. The van der Waals surface area contributed by atoms with E-state index in [2.05, 4.69) is 0 Å². The number of nitrogens with zero attached hydrogens (tertiary/aromatic N) is 1. The van der Waals surface area contributed by atoms with Crippen LogP contribution in [0, 0.1) is 5.92 Å². The van der Waals surface area contributed by atoms with Crippen molar-refractivity contribution in [2.24, 2.45) is 11.7 Å². The second kappa shape index (κ2) is 7.23. The van der Waals surface area contributed by atoms with Crippen LogP contribution in [0.2, 0.25) is 0 Å². The molecule has 0 rings (SSSR count). The minimum absolute atomic E-state index is 0.149. The summed E-state index contributed by atoms with van der Waals surface area (Å²) in [6, 6.07) is 0. The number of aliphatic carboxylic acids is 1. The third-order valence-corrected chi connectivity index (χ3v) is 2.29. The quantitative estimate of drug-likeness (QED) is 0.641. The predicted octanol–water partition coefficient (Wildman–Crippen LogP) is 0.295. The second-order valence-corrected chi connectivity index (χ2v) is 3.47. The van der Waals surface area contributed by atoms with Gasteiger partial charge in [-0.1, -0.05) is 13.3 Å². The third kappa shape index (κ3) is 4.78. The van der Waals surface area contributed by atoms with Crippen LogP contribution in [0.1, 0.15) is 26.7 Å². The van der Waals surface area contributed by atoms with E-state index in [-0.39, 0.29) is 24.9 Å². The highest BCUT2D eigenvalue weighted by atomic mass is 16.4. The lowest BCUT2D eigenvalue weighted by molar-refractivity contribution is -0.146. The molecule has 15 heavy (non-hydrogen) atoms. The van der Waals surface area contributed by atoms with Gasteiger partial charge in [0.2, 0.25) is 5.91 Å². The Hall–Kier alpha value is -1.10. The highest BCUT2D eigenvalue weighted by Gasteiger charge is 2.22. The van der Waals surface area contributed by atoms with Gasteiger partial charge in [0.25, 0.3) is 0 Å². The Morgan fingerprint density at radius 2 is 2.00 bits per heavy atom. The van der Waals surface area contributed by atoms with Gasteiger partial charge >= 0.3 is 5.97 Å². The molecule has 0 aromatic rings. The van der Waals surface area contributed by atoms with Gasteiger partial charge in [-0.05, 0) is 13.3 Å². The van der Waals surface area contributed by atoms with Gasteiger partial charge in [0, 0.05) is 13.1 Å². The van der Waals surface area contributed by atoms with E-state index in [4.69, 9.17) is 10.8 Å². The number of carboxylic acids is 1. The summed E-state index contributed by atoms with van der Waals surface area (Å²) in [5, 5.41) is 8.62. The van der Waals surface area contributed by atoms with Crippen molar-refractivity contribution in [1.82, 2.24) is 4.90 Å². The molecule has 5 heteroatoms. The fourth-order valence-corrected chi connectivity index (χ4v) is 1.46. The smallest absolute Gasteiger partial charge is 0.323 e. The topological polar surface area (TPSA) is 83.6 Å². The number of carbonyl (C=O) groups is 2. The molecule has 0 spiro atoms. The summed E-state index contributed by atoms with van der Waals surface area (Å²) in [5.74, 6) is -1.38. The maximum Gasteiger partial charge on any atom is 0.323 e. The Balaban J connectivity index is 4.39. The van der Waals surface area contributed by atoms with Gasteiger partial charge in [-0.3, -0.25) is 9.59 Å². The molecule has 5 nitrogen and oxygen atoms in total. The summed E-state index contributed by atoms with van der Waals surface area (Å²) in [5.41, 5.74) is 5.49. The molecular weight excluding hydrogens is 196 g/mol. The first-order valence-electron chi connectivity index (χ1n) is 5.27. The summed E-state index contributed by atoms with van der Waals surface area (Å²) in [7, 11) is 0. The lowest BCUT2D eigenvalue weighted by Crippen LogP contribution is -2.41. The minimum Gasteiger partial charge on any atom is -0.480 e. The Morgan fingerprint density at radius 1 is 1.40 bits per heavy atom. The van der Waals surface area contributed by atoms with Crippen LogP contribution in [-0.2, 0) is 9.59 Å². The van der Waals surface area contributed by atoms with E-state index in [9.17, 15) is 9.59 Å². The zero-order chi connectivity index (χ0) is 11.8. The van der Waals surface area contributed by atoms with Crippen molar-refractivity contribution in [3.8, 4) is 0 Å². The summed E-state index contributed by atoms with van der Waals surface area (Å²) in [4.78, 5) is 23.7. The number of carboxylic acid groups (broad SMARTS) is 1. The van der Waals surface area contributed by atoms with E-state index in [1.54, 1.807) is 6.92 Å². The Kier molecular flexibility index (Phi) is 6.70. The van der Waals surface area contributed by atoms with Crippen LogP contribution < -0.4 is 5.73 Å². The molecule has 0 aliphatic rings. The SMILES string of the molecule is CCCC(CN)C(=O)N(CC)CC(=O)O. The molecule has 1 unspecified atom stereocenters. The monoisotopic (exact) mass is 216 g/mol. The van der Waals surface area contributed by atoms with Crippen molar-refractivity contribution in [2.45, 2.75) is 26.7 Å². The molecular formula is C10H20N2O3. The number of likely N-dealkylation sites (N-methyl/N-ethyl adjacent to an activating group) is 1. The van der Waals surface area contributed by atoms with E-state index >= 15 is 0 Å². The number of hydrogen-bond donors (Lipinski definition) is 2. The molecule has 0 saturated heterocycles. The molecule has 0 heterocycles. The molecule has 0 radical (unpaired) electrons. The summed E-state index contributed by atoms with van der Waals surface area (Å²) >= 11 is 0. The van der Waals surface area contributed by atoms with Gasteiger partial charge in [0.15, 0.2) is 0 Å². The molecule has 3 N–H and O–H groups in total. The Bertz CT molecular complexity index is 219. The second-order valence-electron chi connectivity index (χ2n) is 3.47. The number of hydrogen-bond acceptors (Lipinski definition) is 3. The molecule has 0 aromatic carbocycles. The fourth-order valence-electron chi connectivity index (χ4n) is 1.46. The first-order valence-corrected chi connectivity index (χ1v) is 5.27. The number of amides is 1. The van der Waals surface area contributed by atoms with Crippen LogP contribution >= 0.6 is 0 Å². The highest BCUT2D eigenvalue weighted by molar-refractivity contribution is 5.83. The summed E-state index contributed by atoms with van der Waals surface area (Å²) in [6.45, 7) is 4.19. The number of rotatable bonds is 7. The van der Waals surface area contributed by atoms with Crippen LogP contribution in [0.15, 0.2) is 0 Å². The lowest BCUT2D eigenvalue weighted by Gasteiger charge is -2.23. The maximum atomic E-state index is 11.8. The van der Waals surface area contributed by atoms with Crippen molar-refractivity contribution in [1.29, 1.82) is 0 Å². The number of carbonyl (C=O) groups excluding carboxylic acids is 1. The van der Waals surface area contributed by atoms with Gasteiger partial charge in [-0.15, -0.1) is 0 Å². The summed E-state index contributed by atoms with van der Waals surface area (Å²) < 4.78 is 0. The number of nitrogens with two attached hydrogens (primary N) is 1. The van der Waals surface area contributed by atoms with Gasteiger partial charge in [-0.25, -0.2) is 0 Å². The van der Waals surface area contributed by atoms with E-state index in [0.717, 1.165) is 6.42 Å². The standard InChI is InChI=1S/C10H20N2O3/c1-3-5-8(6-11)10(15)12(4-2)7-9(13)14/h8H,3-7,11H2,1-2H3,(H,13,14). The summed E-state index contributed by atoms with van der Waals surface area (Å²) in [6.07, 6.45) is 1.59. The van der Waals surface area contributed by atoms with E-state index < -0.39 is 5.97 Å². The molecule has 1 atom stereocenters. The van der Waals surface area contributed by atoms with Gasteiger partial charge in [0.05, 0.1) is 5.92 Å². The lowest BCUT2D eigenvalue weighted by atomic mass is 10.0. The van der Waals surface area contributed by atoms with Crippen LogP contribution in [0.5, 0.6) is 0 Å². The van der Waals surface area contributed by atoms with Crippen molar-refractivity contribution in [2.75, 3.05) is 19.6 Å². The van der Waals surface area contributed by atoms with Crippen molar-refractivity contribution >= 4 is 11.9 Å². The van der Waals surface area contributed by atoms with Crippen LogP contribution in [0.25, 0.3) is 0 Å². The Morgan fingerprint density at radius 3 is 2.33 bits per heavy atom. The molecule has 0 fully saturated rings. The predicted molar refractivity (Wildman–Crippen MR) is 57.3 cm³/mol. The molecule has 0 aromatic heterocycles. The maximum absolute atomic E-state index is 11.8. The molecule has 0 saturated carbocycles. The zero-order valence-corrected chi connectivity index (χ0v) is 9.40. The molecule has 0 aliphatic carbocycles. The fraction of sp³-hybridized carbons (Fsp3) is 0.800. The molecule has 1 amide bonds. The van der Waals surface area contributed by atoms with Gasteiger partial charge in [-0.2, -0.15) is 0 Å². The van der Waals surface area contributed by atoms with Gasteiger partial charge in [0.1, 0.15) is 6.54 Å². The van der Waals surface area contributed by atoms with Gasteiger partial charge < -0.3 is 15.7 Å². The molecule has 0 aliphatic heterocycles. The first kappa shape index (κ1) is 13.9. The largest absolute Gasteiger partial charge is 0.480 e. The molecule has 88 valence electrons. The Labute approximate surface area is 90.2 Å². The average Bonchev–Trinajstić information content (AvgIpc) is 2.21. The van der Waals surface area contributed by atoms with E-state index in [0.29, 0.717) is 13.0 Å². The normalized spacial score (nSPS) is 12.2. The van der Waals surface area contributed by atoms with Crippen LogP contribution in [0.3, 0.4) is 0 Å². The molecule has 0 bridgehead atoms. The van der Waals surface area contributed by atoms with Crippen LogP contribution in [0.4, 0.5) is 0 Å². The van der Waals surface area contributed by atoms with E-state index in [1.165, 1.54) is 4.90 Å².